The van der Waals surface area contributed by atoms with Gasteiger partial charge in [0.15, 0.2) is 5.13 Å². The van der Waals surface area contributed by atoms with Crippen LogP contribution in [-0.2, 0) is 0 Å². The van der Waals surface area contributed by atoms with Crippen molar-refractivity contribution in [3.63, 3.8) is 0 Å². The van der Waals surface area contributed by atoms with Crippen LogP contribution in [0.5, 0.6) is 0 Å². The van der Waals surface area contributed by atoms with E-state index in [0.29, 0.717) is 0 Å². The number of allylic oxidation sites excluding steroid dienone is 3. The van der Waals surface area contributed by atoms with Gasteiger partial charge in [0, 0.05) is 17.3 Å². The van der Waals surface area contributed by atoms with Crippen molar-refractivity contribution in [2.75, 3.05) is 12.4 Å². The fourth-order valence-corrected chi connectivity index (χ4v) is 3.12. The van der Waals surface area contributed by atoms with Gasteiger partial charge in [0.1, 0.15) is 0 Å². The number of thioether (sulfide) groups is 1. The van der Waals surface area contributed by atoms with Crippen LogP contribution in [0.25, 0.3) is 4.91 Å². The van der Waals surface area contributed by atoms with Gasteiger partial charge in [-0.15, -0.1) is 11.3 Å². The lowest BCUT2D eigenvalue weighted by atomic mass is 10.3. The van der Waals surface area contributed by atoms with Gasteiger partial charge < -0.3 is 5.32 Å². The molecule has 0 aliphatic rings. The standard InChI is InChI=1S/C13H20N2S2/c1-6-7-10(4)17-12(9(2)3)11-8-16-13(14-5)15-11/h7-8H,6H2,1-5H3,(H,14,15)/b10-7+. The molecule has 0 amide bonds. The number of hydrogen-bond acceptors (Lipinski definition) is 4. The van der Waals surface area contributed by atoms with Crippen LogP contribution in [-0.4, -0.2) is 12.0 Å². The molecule has 0 aliphatic heterocycles. The molecule has 1 aromatic heterocycles. The maximum absolute atomic E-state index is 4.56. The molecule has 0 unspecified atom stereocenters. The Morgan fingerprint density at radius 3 is 2.65 bits per heavy atom. The first kappa shape index (κ1) is 14.3. The fraction of sp³-hybridized carbons (Fsp3) is 0.462. The molecule has 1 N–H and O–H groups in total. The first-order valence-corrected chi connectivity index (χ1v) is 7.43. The summed E-state index contributed by atoms with van der Waals surface area (Å²) >= 11 is 3.46. The van der Waals surface area contributed by atoms with E-state index in [1.807, 2.05) is 18.8 Å². The summed E-state index contributed by atoms with van der Waals surface area (Å²) in [5.74, 6) is 0. The molecule has 17 heavy (non-hydrogen) atoms. The van der Waals surface area contributed by atoms with Crippen molar-refractivity contribution in [2.24, 2.45) is 0 Å². The highest BCUT2D eigenvalue weighted by molar-refractivity contribution is 8.11. The smallest absolute Gasteiger partial charge is 0.182 e. The number of anilines is 1. The maximum Gasteiger partial charge on any atom is 0.182 e. The molecule has 0 saturated heterocycles. The second kappa shape index (κ2) is 6.87. The minimum absolute atomic E-state index is 0.969. The van der Waals surface area contributed by atoms with Crippen LogP contribution in [0.2, 0.25) is 0 Å². The molecule has 0 saturated carbocycles. The Hall–Kier alpha value is -0.740. The molecule has 0 radical (unpaired) electrons. The SMILES string of the molecule is CC/C=C(\C)SC(=C(C)C)c1csc(NC)n1. The molecule has 0 aromatic carbocycles. The lowest BCUT2D eigenvalue weighted by Gasteiger charge is -2.07. The normalized spacial score (nSPS) is 11.5. The van der Waals surface area contributed by atoms with Gasteiger partial charge in [0.2, 0.25) is 0 Å². The maximum atomic E-state index is 4.56. The van der Waals surface area contributed by atoms with E-state index in [-0.39, 0.29) is 0 Å². The minimum Gasteiger partial charge on any atom is -0.365 e. The van der Waals surface area contributed by atoms with Gasteiger partial charge >= 0.3 is 0 Å². The van der Waals surface area contributed by atoms with E-state index in [2.05, 4.69) is 49.5 Å². The molecule has 0 aliphatic carbocycles. The van der Waals surface area contributed by atoms with Crippen molar-refractivity contribution in [1.82, 2.24) is 4.98 Å². The Morgan fingerprint density at radius 1 is 1.47 bits per heavy atom. The number of thiazole rings is 1. The zero-order valence-corrected chi connectivity index (χ0v) is 12.8. The lowest BCUT2D eigenvalue weighted by Crippen LogP contribution is -1.88. The van der Waals surface area contributed by atoms with Gasteiger partial charge in [-0.3, -0.25) is 0 Å². The molecule has 0 bridgehead atoms. The van der Waals surface area contributed by atoms with Crippen molar-refractivity contribution in [3.8, 4) is 0 Å². The Bertz CT molecular complexity index is 426. The van der Waals surface area contributed by atoms with Crippen LogP contribution in [0.4, 0.5) is 5.13 Å². The third-order valence-corrected chi connectivity index (χ3v) is 4.33. The van der Waals surface area contributed by atoms with Crippen LogP contribution in [0.15, 0.2) is 21.9 Å². The molecule has 0 spiro atoms. The summed E-state index contributed by atoms with van der Waals surface area (Å²) in [5, 5.41) is 6.16. The minimum atomic E-state index is 0.969. The predicted molar refractivity (Wildman–Crippen MR) is 81.6 cm³/mol. The fourth-order valence-electron chi connectivity index (χ4n) is 1.39. The molecule has 2 nitrogen and oxygen atoms in total. The van der Waals surface area contributed by atoms with Crippen LogP contribution >= 0.6 is 23.1 Å². The molecule has 1 rings (SSSR count). The second-order valence-corrected chi connectivity index (χ2v) is 6.06. The van der Waals surface area contributed by atoms with E-state index < -0.39 is 0 Å². The number of nitrogens with one attached hydrogen (secondary N) is 1. The first-order valence-electron chi connectivity index (χ1n) is 5.74. The van der Waals surface area contributed by atoms with Gasteiger partial charge in [-0.2, -0.15) is 0 Å². The summed E-state index contributed by atoms with van der Waals surface area (Å²) in [6, 6.07) is 0. The van der Waals surface area contributed by atoms with Crippen LogP contribution in [0.3, 0.4) is 0 Å². The van der Waals surface area contributed by atoms with Gasteiger partial charge in [0.05, 0.1) is 5.69 Å². The van der Waals surface area contributed by atoms with Crippen molar-refractivity contribution in [1.29, 1.82) is 0 Å². The van der Waals surface area contributed by atoms with Gasteiger partial charge in [0.25, 0.3) is 0 Å². The van der Waals surface area contributed by atoms with E-state index >= 15 is 0 Å². The number of rotatable bonds is 5. The number of nitrogens with zero attached hydrogens (tertiary/aromatic N) is 1. The van der Waals surface area contributed by atoms with Crippen molar-refractivity contribution in [2.45, 2.75) is 34.1 Å². The third kappa shape index (κ3) is 4.21. The van der Waals surface area contributed by atoms with Crippen molar-refractivity contribution < 1.29 is 0 Å². The molecule has 0 fully saturated rings. The highest BCUT2D eigenvalue weighted by atomic mass is 32.2. The molecule has 94 valence electrons. The van der Waals surface area contributed by atoms with Crippen LogP contribution in [0, 0.1) is 0 Å². The Labute approximate surface area is 112 Å². The molecule has 0 atom stereocenters. The van der Waals surface area contributed by atoms with Crippen molar-refractivity contribution in [3.05, 3.63) is 27.6 Å². The summed E-state index contributed by atoms with van der Waals surface area (Å²) in [7, 11) is 1.90. The molecular formula is C13H20N2S2. The highest BCUT2D eigenvalue weighted by Crippen LogP contribution is 2.37. The number of aromatic nitrogens is 1. The summed E-state index contributed by atoms with van der Waals surface area (Å²) in [4.78, 5) is 7.17. The van der Waals surface area contributed by atoms with E-state index in [4.69, 9.17) is 0 Å². The Kier molecular flexibility index (Phi) is 5.78. The molecule has 1 aromatic rings. The number of hydrogen-bond donors (Lipinski definition) is 1. The predicted octanol–water partition coefficient (Wildman–Crippen LogP) is 4.98. The van der Waals surface area contributed by atoms with Gasteiger partial charge in [-0.25, -0.2) is 4.98 Å². The van der Waals surface area contributed by atoms with Gasteiger partial charge in [-0.05, 0) is 32.1 Å². The summed E-state index contributed by atoms with van der Waals surface area (Å²) < 4.78 is 0. The second-order valence-electron chi connectivity index (χ2n) is 3.94. The van der Waals surface area contributed by atoms with Crippen molar-refractivity contribution >= 4 is 33.1 Å². The van der Waals surface area contributed by atoms with Gasteiger partial charge in [-0.1, -0.05) is 30.3 Å². The first-order chi connectivity index (χ1) is 8.08. The highest BCUT2D eigenvalue weighted by Gasteiger charge is 2.09. The lowest BCUT2D eigenvalue weighted by molar-refractivity contribution is 1.21. The monoisotopic (exact) mass is 268 g/mol. The van der Waals surface area contributed by atoms with Crippen LogP contribution < -0.4 is 5.32 Å². The molecular weight excluding hydrogens is 248 g/mol. The molecule has 1 heterocycles. The van der Waals surface area contributed by atoms with E-state index in [9.17, 15) is 0 Å². The Balaban J connectivity index is 2.95. The summed E-state index contributed by atoms with van der Waals surface area (Å²) in [6.45, 7) is 8.59. The van der Waals surface area contributed by atoms with E-state index in [1.54, 1.807) is 11.3 Å². The van der Waals surface area contributed by atoms with E-state index in [1.165, 1.54) is 15.4 Å². The third-order valence-electron chi connectivity index (χ3n) is 2.16. The topological polar surface area (TPSA) is 24.9 Å². The van der Waals surface area contributed by atoms with E-state index in [0.717, 1.165) is 17.2 Å². The average Bonchev–Trinajstić information content (AvgIpc) is 2.74. The zero-order chi connectivity index (χ0) is 12.8. The molecule has 4 heteroatoms. The Morgan fingerprint density at radius 2 is 2.18 bits per heavy atom. The summed E-state index contributed by atoms with van der Waals surface area (Å²) in [6.07, 6.45) is 3.33. The quantitative estimate of drug-likeness (QED) is 0.815. The average molecular weight is 268 g/mol. The van der Waals surface area contributed by atoms with Crippen LogP contribution in [0.1, 0.15) is 39.8 Å². The zero-order valence-electron chi connectivity index (χ0n) is 11.1. The largest absolute Gasteiger partial charge is 0.365 e. The summed E-state index contributed by atoms with van der Waals surface area (Å²) in [5.41, 5.74) is 2.39.